The molecule has 0 radical (unpaired) electrons. The molecule has 0 saturated heterocycles. The zero-order chi connectivity index (χ0) is 18.9. The number of esters is 1. The molecule has 0 aliphatic rings. The monoisotopic (exact) mass is 357 g/mol. The molecule has 6 nitrogen and oxygen atoms in total. The van der Waals surface area contributed by atoms with Crippen molar-refractivity contribution in [1.29, 1.82) is 0 Å². The third-order valence-electron chi connectivity index (χ3n) is 3.56. The second-order valence-electron chi connectivity index (χ2n) is 5.60. The minimum Gasteiger partial charge on any atom is -0.492 e. The van der Waals surface area contributed by atoms with E-state index in [1.165, 1.54) is 6.92 Å². The summed E-state index contributed by atoms with van der Waals surface area (Å²) in [5.74, 6) is 0.104. The molecule has 1 amide bonds. The maximum Gasteiger partial charge on any atom is 0.344 e. The van der Waals surface area contributed by atoms with E-state index in [2.05, 4.69) is 5.32 Å². The highest BCUT2D eigenvalue weighted by molar-refractivity contribution is 5.96. The van der Waals surface area contributed by atoms with E-state index in [1.54, 1.807) is 24.3 Å². The van der Waals surface area contributed by atoms with Crippen LogP contribution in [0.3, 0.4) is 0 Å². The Morgan fingerprint density at radius 3 is 2.35 bits per heavy atom. The highest BCUT2D eigenvalue weighted by Gasteiger charge is 2.19. The molecule has 0 saturated carbocycles. The molecule has 2 aromatic rings. The van der Waals surface area contributed by atoms with E-state index in [1.807, 2.05) is 38.1 Å². The number of carbonyl (C=O) groups is 2. The van der Waals surface area contributed by atoms with E-state index in [0.717, 1.165) is 5.56 Å². The molecular weight excluding hydrogens is 334 g/mol. The first-order valence-electron chi connectivity index (χ1n) is 8.42. The maximum absolute atomic E-state index is 12.2. The normalized spacial score (nSPS) is 11.3. The van der Waals surface area contributed by atoms with Crippen LogP contribution in [0.5, 0.6) is 11.5 Å². The van der Waals surface area contributed by atoms with Gasteiger partial charge < -0.3 is 19.5 Å². The number of hydrogen-bond donors (Lipinski definition) is 1. The minimum absolute atomic E-state index is 0.266. The minimum atomic E-state index is -0.961. The molecule has 0 fully saturated rings. The summed E-state index contributed by atoms with van der Waals surface area (Å²) in [4.78, 5) is 24.2. The topological polar surface area (TPSA) is 73.9 Å². The first-order valence-corrected chi connectivity index (χ1v) is 8.42. The Kier molecular flexibility index (Phi) is 7.02. The van der Waals surface area contributed by atoms with Gasteiger partial charge >= 0.3 is 5.97 Å². The molecule has 6 heteroatoms. The van der Waals surface area contributed by atoms with Gasteiger partial charge in [-0.2, -0.15) is 0 Å². The van der Waals surface area contributed by atoms with Crippen LogP contribution >= 0.6 is 0 Å². The summed E-state index contributed by atoms with van der Waals surface area (Å²) in [5, 5.41) is 2.70. The predicted octanol–water partition coefficient (Wildman–Crippen LogP) is 3.34. The first-order chi connectivity index (χ1) is 12.5. The van der Waals surface area contributed by atoms with Crippen molar-refractivity contribution >= 4 is 17.6 Å². The molecule has 26 heavy (non-hydrogen) atoms. The summed E-state index contributed by atoms with van der Waals surface area (Å²) in [6.07, 6.45) is -0.961. The average Bonchev–Trinajstić information content (AvgIpc) is 2.63. The molecule has 0 bridgehead atoms. The van der Waals surface area contributed by atoms with Gasteiger partial charge in [-0.1, -0.05) is 30.3 Å². The fourth-order valence-corrected chi connectivity index (χ4v) is 2.23. The van der Waals surface area contributed by atoms with Crippen molar-refractivity contribution in [3.05, 3.63) is 54.1 Å². The number of nitrogens with one attached hydrogen (secondary N) is 1. The van der Waals surface area contributed by atoms with E-state index < -0.39 is 18.0 Å². The van der Waals surface area contributed by atoms with Gasteiger partial charge in [0.15, 0.2) is 12.7 Å². The number of ether oxygens (including phenoxy) is 3. The summed E-state index contributed by atoms with van der Waals surface area (Å²) < 4.78 is 16.0. The first kappa shape index (κ1) is 19.3. The predicted molar refractivity (Wildman–Crippen MR) is 98.5 cm³/mol. The Bertz CT molecular complexity index is 759. The van der Waals surface area contributed by atoms with E-state index in [0.29, 0.717) is 23.8 Å². The van der Waals surface area contributed by atoms with Gasteiger partial charge in [0.25, 0.3) is 5.91 Å². The van der Waals surface area contributed by atoms with Crippen LogP contribution in [0.1, 0.15) is 19.4 Å². The van der Waals surface area contributed by atoms with Gasteiger partial charge in [-0.3, -0.25) is 4.79 Å². The van der Waals surface area contributed by atoms with Crippen LogP contribution in [0.2, 0.25) is 0 Å². The summed E-state index contributed by atoms with van der Waals surface area (Å²) in [6.45, 7) is 5.46. The molecule has 0 aromatic heterocycles. The van der Waals surface area contributed by atoms with Crippen molar-refractivity contribution < 1.29 is 23.8 Å². The van der Waals surface area contributed by atoms with Gasteiger partial charge in [0.2, 0.25) is 0 Å². The van der Waals surface area contributed by atoms with E-state index in [4.69, 9.17) is 14.2 Å². The van der Waals surface area contributed by atoms with Crippen LogP contribution < -0.4 is 14.8 Å². The number of anilines is 1. The standard InChI is InChI=1S/C20H23NO5/c1-4-24-18-12-8-6-10-16(18)21-20(23)15(3)26-19(22)13-25-17-11-7-5-9-14(17)2/h5-12,15H,4,13H2,1-3H3,(H,21,23). The molecule has 1 unspecified atom stereocenters. The van der Waals surface area contributed by atoms with Crippen LogP contribution in [-0.4, -0.2) is 31.2 Å². The molecule has 0 aliphatic carbocycles. The molecule has 1 atom stereocenters. The Labute approximate surface area is 153 Å². The largest absolute Gasteiger partial charge is 0.492 e. The van der Waals surface area contributed by atoms with Crippen molar-refractivity contribution in [2.24, 2.45) is 0 Å². The number of rotatable bonds is 8. The Morgan fingerprint density at radius 2 is 1.65 bits per heavy atom. The van der Waals surface area contributed by atoms with Gasteiger partial charge in [-0.15, -0.1) is 0 Å². The third-order valence-corrected chi connectivity index (χ3v) is 3.56. The van der Waals surface area contributed by atoms with Crippen molar-refractivity contribution in [2.75, 3.05) is 18.5 Å². The quantitative estimate of drug-likeness (QED) is 0.734. The smallest absolute Gasteiger partial charge is 0.344 e. The lowest BCUT2D eigenvalue weighted by molar-refractivity contribution is -0.155. The second kappa shape index (κ2) is 9.46. The molecule has 2 rings (SSSR count). The summed E-state index contributed by atoms with van der Waals surface area (Å²) >= 11 is 0. The highest BCUT2D eigenvalue weighted by Crippen LogP contribution is 2.24. The van der Waals surface area contributed by atoms with Gasteiger partial charge in [0, 0.05) is 0 Å². The number of benzene rings is 2. The second-order valence-corrected chi connectivity index (χ2v) is 5.60. The van der Waals surface area contributed by atoms with Crippen LogP contribution in [0.25, 0.3) is 0 Å². The molecular formula is C20H23NO5. The van der Waals surface area contributed by atoms with Crippen molar-refractivity contribution in [2.45, 2.75) is 26.9 Å². The Hall–Kier alpha value is -3.02. The van der Waals surface area contributed by atoms with Gasteiger partial charge in [0.05, 0.1) is 12.3 Å². The van der Waals surface area contributed by atoms with Crippen molar-refractivity contribution in [3.8, 4) is 11.5 Å². The number of aryl methyl sites for hydroxylation is 1. The number of carbonyl (C=O) groups excluding carboxylic acids is 2. The SMILES string of the molecule is CCOc1ccccc1NC(=O)C(C)OC(=O)COc1ccccc1C. The lowest BCUT2D eigenvalue weighted by Crippen LogP contribution is -2.31. The van der Waals surface area contributed by atoms with E-state index in [9.17, 15) is 9.59 Å². The third kappa shape index (κ3) is 5.51. The van der Waals surface area contributed by atoms with Crippen LogP contribution in [0.15, 0.2) is 48.5 Å². The number of amides is 1. The summed E-state index contributed by atoms with van der Waals surface area (Å²) in [6, 6.07) is 14.4. The van der Waals surface area contributed by atoms with E-state index >= 15 is 0 Å². The molecule has 0 aliphatic heterocycles. The van der Waals surface area contributed by atoms with Gasteiger partial charge in [-0.05, 0) is 44.5 Å². The fraction of sp³-hybridized carbons (Fsp3) is 0.300. The Morgan fingerprint density at radius 1 is 1.00 bits per heavy atom. The fourth-order valence-electron chi connectivity index (χ4n) is 2.23. The van der Waals surface area contributed by atoms with Crippen LogP contribution in [-0.2, 0) is 14.3 Å². The summed E-state index contributed by atoms with van der Waals surface area (Å²) in [5.41, 5.74) is 1.44. The van der Waals surface area contributed by atoms with Crippen molar-refractivity contribution in [1.82, 2.24) is 0 Å². The van der Waals surface area contributed by atoms with E-state index in [-0.39, 0.29) is 6.61 Å². The summed E-state index contributed by atoms with van der Waals surface area (Å²) in [7, 11) is 0. The average molecular weight is 357 g/mol. The number of hydrogen-bond acceptors (Lipinski definition) is 5. The van der Waals surface area contributed by atoms with Gasteiger partial charge in [0.1, 0.15) is 11.5 Å². The van der Waals surface area contributed by atoms with Crippen LogP contribution in [0.4, 0.5) is 5.69 Å². The number of para-hydroxylation sites is 3. The Balaban J connectivity index is 1.86. The molecule has 1 N–H and O–H groups in total. The molecule has 0 heterocycles. The molecule has 2 aromatic carbocycles. The van der Waals surface area contributed by atoms with Crippen molar-refractivity contribution in [3.63, 3.8) is 0 Å². The molecule has 138 valence electrons. The lowest BCUT2D eigenvalue weighted by Gasteiger charge is -2.16. The zero-order valence-corrected chi connectivity index (χ0v) is 15.2. The van der Waals surface area contributed by atoms with Gasteiger partial charge in [-0.25, -0.2) is 4.79 Å². The van der Waals surface area contributed by atoms with Crippen LogP contribution in [0, 0.1) is 6.92 Å². The molecule has 0 spiro atoms. The lowest BCUT2D eigenvalue weighted by atomic mass is 10.2. The maximum atomic E-state index is 12.2. The highest BCUT2D eigenvalue weighted by atomic mass is 16.6. The zero-order valence-electron chi connectivity index (χ0n) is 15.2.